The number of halogens is 2. The molecule has 1 aromatic carbocycles. The van der Waals surface area contributed by atoms with Crippen molar-refractivity contribution in [3.05, 3.63) is 51.7 Å². The van der Waals surface area contributed by atoms with Crippen molar-refractivity contribution in [2.45, 2.75) is 13.0 Å². The van der Waals surface area contributed by atoms with Gasteiger partial charge >= 0.3 is 5.97 Å². The zero-order valence-electron chi connectivity index (χ0n) is 12.9. The third-order valence-electron chi connectivity index (χ3n) is 3.06. The highest BCUT2D eigenvalue weighted by atomic mass is 79.9. The number of carbonyl (C=O) groups excluding carboxylic acids is 2. The molecule has 1 atom stereocenters. The van der Waals surface area contributed by atoms with Crippen molar-refractivity contribution >= 4 is 45.1 Å². The van der Waals surface area contributed by atoms with Crippen LogP contribution >= 0.6 is 27.5 Å². The molecule has 0 saturated heterocycles. The molecule has 0 saturated carbocycles. The Morgan fingerprint density at radius 3 is 2.71 bits per heavy atom. The van der Waals surface area contributed by atoms with Gasteiger partial charge in [-0.15, -0.1) is 0 Å². The van der Waals surface area contributed by atoms with Gasteiger partial charge in [-0.2, -0.15) is 0 Å². The van der Waals surface area contributed by atoms with Gasteiger partial charge in [0.05, 0.1) is 22.8 Å². The number of nitrogens with zero attached hydrogens (tertiary/aromatic N) is 1. The molecule has 0 bridgehead atoms. The smallest absolute Gasteiger partial charge is 0.338 e. The highest BCUT2D eigenvalue weighted by Crippen LogP contribution is 2.26. The Bertz CT molecular complexity index is 769. The van der Waals surface area contributed by atoms with Crippen LogP contribution in [-0.2, 0) is 9.53 Å². The summed E-state index contributed by atoms with van der Waals surface area (Å²) < 4.78 is 10.9. The number of hydrogen-bond acceptors (Lipinski definition) is 5. The Kier molecular flexibility index (Phi) is 6.16. The predicted octanol–water partition coefficient (Wildman–Crippen LogP) is 3.69. The number of ether oxygens (including phenoxy) is 2. The summed E-state index contributed by atoms with van der Waals surface area (Å²) >= 11 is 9.16. The molecule has 1 amide bonds. The lowest BCUT2D eigenvalue weighted by atomic mass is 10.2. The first-order chi connectivity index (χ1) is 11.4. The number of esters is 1. The summed E-state index contributed by atoms with van der Waals surface area (Å²) in [4.78, 5) is 28.1. The summed E-state index contributed by atoms with van der Waals surface area (Å²) in [6.07, 6.45) is 0.498. The number of aromatic nitrogens is 1. The molecule has 8 heteroatoms. The summed E-state index contributed by atoms with van der Waals surface area (Å²) in [7, 11) is 1.52. The maximum atomic E-state index is 12.1. The quantitative estimate of drug-likeness (QED) is 0.597. The van der Waals surface area contributed by atoms with E-state index in [0.717, 1.165) is 0 Å². The first kappa shape index (κ1) is 18.2. The lowest BCUT2D eigenvalue weighted by Gasteiger charge is -2.14. The number of hydrogen-bond donors (Lipinski definition) is 1. The number of amides is 1. The molecule has 24 heavy (non-hydrogen) atoms. The molecule has 0 aliphatic heterocycles. The average molecular weight is 414 g/mol. The van der Waals surface area contributed by atoms with Gasteiger partial charge in [0.25, 0.3) is 5.91 Å². The Balaban J connectivity index is 2.02. The van der Waals surface area contributed by atoms with Crippen molar-refractivity contribution in [2.24, 2.45) is 0 Å². The van der Waals surface area contributed by atoms with Crippen LogP contribution < -0.4 is 10.1 Å². The number of pyridine rings is 1. The van der Waals surface area contributed by atoms with Crippen LogP contribution in [0.1, 0.15) is 17.3 Å². The van der Waals surface area contributed by atoms with E-state index in [1.807, 2.05) is 0 Å². The molecule has 2 rings (SSSR count). The molecule has 1 N–H and O–H groups in total. The second-order valence-electron chi connectivity index (χ2n) is 4.73. The number of benzene rings is 1. The van der Waals surface area contributed by atoms with E-state index >= 15 is 0 Å². The van der Waals surface area contributed by atoms with Crippen molar-refractivity contribution in [1.29, 1.82) is 0 Å². The van der Waals surface area contributed by atoms with Crippen molar-refractivity contribution < 1.29 is 19.1 Å². The number of anilines is 1. The van der Waals surface area contributed by atoms with E-state index in [9.17, 15) is 9.59 Å². The minimum atomic E-state index is -1.00. The fourth-order valence-electron chi connectivity index (χ4n) is 1.79. The van der Waals surface area contributed by atoms with Crippen LogP contribution in [-0.4, -0.2) is 30.1 Å². The van der Waals surface area contributed by atoms with E-state index in [-0.39, 0.29) is 5.15 Å². The Labute approximate surface area is 152 Å². The molecule has 0 radical (unpaired) electrons. The molecule has 0 fully saturated rings. The van der Waals surface area contributed by atoms with Gasteiger partial charge in [-0.25, -0.2) is 9.78 Å². The zero-order chi connectivity index (χ0) is 17.7. The van der Waals surface area contributed by atoms with Gasteiger partial charge in [0.2, 0.25) is 0 Å². The molecule has 126 valence electrons. The van der Waals surface area contributed by atoms with Crippen molar-refractivity contribution in [1.82, 2.24) is 4.98 Å². The van der Waals surface area contributed by atoms with Crippen LogP contribution in [0, 0.1) is 0 Å². The summed E-state index contributed by atoms with van der Waals surface area (Å²) in [6.45, 7) is 1.47. The van der Waals surface area contributed by atoms with E-state index in [2.05, 4.69) is 26.2 Å². The monoisotopic (exact) mass is 412 g/mol. The van der Waals surface area contributed by atoms with E-state index < -0.39 is 18.0 Å². The van der Waals surface area contributed by atoms with E-state index in [4.69, 9.17) is 21.1 Å². The van der Waals surface area contributed by atoms with Crippen molar-refractivity contribution in [3.63, 3.8) is 0 Å². The molecular formula is C16H14BrClN2O4. The molecule has 0 aliphatic carbocycles. The van der Waals surface area contributed by atoms with Gasteiger partial charge in [0, 0.05) is 6.20 Å². The summed E-state index contributed by atoms with van der Waals surface area (Å²) in [5.41, 5.74) is 0.640. The third-order valence-corrected chi connectivity index (χ3v) is 3.98. The normalized spacial score (nSPS) is 11.5. The number of nitrogens with one attached hydrogen (secondary N) is 1. The van der Waals surface area contributed by atoms with Gasteiger partial charge in [-0.1, -0.05) is 11.6 Å². The van der Waals surface area contributed by atoms with Crippen LogP contribution in [0.2, 0.25) is 5.15 Å². The van der Waals surface area contributed by atoms with Crippen LogP contribution in [0.3, 0.4) is 0 Å². The summed E-state index contributed by atoms with van der Waals surface area (Å²) in [5, 5.41) is 2.71. The van der Waals surface area contributed by atoms with Crippen LogP contribution in [0.15, 0.2) is 41.0 Å². The minimum absolute atomic E-state index is 0.156. The largest absolute Gasteiger partial charge is 0.496 e. The zero-order valence-corrected chi connectivity index (χ0v) is 15.2. The molecule has 0 aliphatic rings. The second kappa shape index (κ2) is 8.12. The summed E-state index contributed by atoms with van der Waals surface area (Å²) in [6, 6.07) is 7.97. The van der Waals surface area contributed by atoms with Gasteiger partial charge < -0.3 is 14.8 Å². The van der Waals surface area contributed by atoms with Crippen LogP contribution in [0.5, 0.6) is 5.75 Å². The number of carbonyl (C=O) groups is 2. The van der Waals surface area contributed by atoms with Crippen LogP contribution in [0.4, 0.5) is 5.69 Å². The van der Waals surface area contributed by atoms with E-state index in [0.29, 0.717) is 21.5 Å². The van der Waals surface area contributed by atoms with Gasteiger partial charge in [0.15, 0.2) is 11.3 Å². The first-order valence-electron chi connectivity index (χ1n) is 6.88. The SMILES string of the molecule is COc1ccc(C(=O)O[C@@H](C)C(=O)Nc2cccnc2Cl)cc1Br. The predicted molar refractivity (Wildman–Crippen MR) is 93.4 cm³/mol. The maximum Gasteiger partial charge on any atom is 0.338 e. The average Bonchev–Trinajstić information content (AvgIpc) is 2.56. The lowest BCUT2D eigenvalue weighted by molar-refractivity contribution is -0.123. The van der Waals surface area contributed by atoms with Gasteiger partial charge in [-0.05, 0) is 53.2 Å². The van der Waals surface area contributed by atoms with Gasteiger partial charge in [-0.3, -0.25) is 4.79 Å². The Morgan fingerprint density at radius 2 is 2.08 bits per heavy atom. The molecule has 0 unspecified atom stereocenters. The molecule has 0 spiro atoms. The molecule has 1 heterocycles. The Morgan fingerprint density at radius 1 is 1.33 bits per heavy atom. The Hall–Kier alpha value is -2.12. The highest BCUT2D eigenvalue weighted by molar-refractivity contribution is 9.10. The minimum Gasteiger partial charge on any atom is -0.496 e. The topological polar surface area (TPSA) is 77.5 Å². The molecule has 6 nitrogen and oxygen atoms in total. The summed E-state index contributed by atoms with van der Waals surface area (Å²) in [5.74, 6) is -0.548. The fourth-order valence-corrected chi connectivity index (χ4v) is 2.50. The third kappa shape index (κ3) is 4.46. The molecular weight excluding hydrogens is 400 g/mol. The standard InChI is InChI=1S/C16H14BrClN2O4/c1-9(15(21)20-12-4-3-7-19-14(12)18)24-16(22)10-5-6-13(23-2)11(17)8-10/h3-9H,1-2H3,(H,20,21)/t9-/m0/s1. The second-order valence-corrected chi connectivity index (χ2v) is 5.94. The van der Waals surface area contributed by atoms with Gasteiger partial charge in [0.1, 0.15) is 5.75 Å². The lowest BCUT2D eigenvalue weighted by Crippen LogP contribution is -2.30. The van der Waals surface area contributed by atoms with E-state index in [1.54, 1.807) is 30.3 Å². The molecule has 1 aromatic heterocycles. The molecule has 2 aromatic rings. The fraction of sp³-hybridized carbons (Fsp3) is 0.188. The van der Waals surface area contributed by atoms with Crippen LogP contribution in [0.25, 0.3) is 0 Å². The first-order valence-corrected chi connectivity index (χ1v) is 8.05. The number of methoxy groups -OCH3 is 1. The van der Waals surface area contributed by atoms with E-state index in [1.165, 1.54) is 20.2 Å². The number of rotatable bonds is 5. The highest BCUT2D eigenvalue weighted by Gasteiger charge is 2.20. The van der Waals surface area contributed by atoms with Crippen molar-refractivity contribution in [3.8, 4) is 5.75 Å². The van der Waals surface area contributed by atoms with Crippen molar-refractivity contribution in [2.75, 3.05) is 12.4 Å². The maximum absolute atomic E-state index is 12.1.